The van der Waals surface area contributed by atoms with E-state index in [1.165, 1.54) is 4.31 Å². The number of hydrogen-bond acceptors (Lipinski definition) is 4. The Morgan fingerprint density at radius 1 is 1.15 bits per heavy atom. The minimum atomic E-state index is -3.26. The molecule has 26 heavy (non-hydrogen) atoms. The second-order valence-electron chi connectivity index (χ2n) is 5.70. The first-order valence-corrected chi connectivity index (χ1v) is 9.44. The van der Waals surface area contributed by atoms with Crippen molar-refractivity contribution in [2.45, 2.75) is 6.42 Å². The lowest BCUT2D eigenvalue weighted by molar-refractivity contribution is -0.118. The Hall–Kier alpha value is -2.68. The molecule has 138 valence electrons. The number of carbonyl (C=O) groups excluding carboxylic acids is 1. The number of ether oxygens (including phenoxy) is 1. The van der Waals surface area contributed by atoms with Crippen molar-refractivity contribution >= 4 is 27.3 Å². The van der Waals surface area contributed by atoms with E-state index >= 15 is 0 Å². The van der Waals surface area contributed by atoms with Crippen molar-refractivity contribution in [3.63, 3.8) is 0 Å². The Bertz CT molecular complexity index is 917. The SMILES string of the molecule is O=C(COc1ccc(F)cc1F)Nc1ccc(N2CCCS2(=O)=O)cc1. The molecule has 2 aromatic rings. The van der Waals surface area contributed by atoms with Gasteiger partial charge in [-0.1, -0.05) is 0 Å². The molecule has 0 bridgehead atoms. The molecular formula is C17H16F2N2O4S. The summed E-state index contributed by atoms with van der Waals surface area (Å²) in [5, 5.41) is 2.55. The summed E-state index contributed by atoms with van der Waals surface area (Å²) in [4.78, 5) is 11.9. The van der Waals surface area contributed by atoms with Crippen molar-refractivity contribution in [2.24, 2.45) is 0 Å². The van der Waals surface area contributed by atoms with Crippen LogP contribution in [0.5, 0.6) is 5.75 Å². The Kier molecular flexibility index (Phi) is 5.08. The van der Waals surface area contributed by atoms with Crippen LogP contribution in [0.2, 0.25) is 0 Å². The van der Waals surface area contributed by atoms with Crippen LogP contribution in [0.15, 0.2) is 42.5 Å². The summed E-state index contributed by atoms with van der Waals surface area (Å²) in [5.41, 5.74) is 0.976. The van der Waals surface area contributed by atoms with Crippen LogP contribution in [0.25, 0.3) is 0 Å². The number of nitrogens with one attached hydrogen (secondary N) is 1. The topological polar surface area (TPSA) is 75.7 Å². The van der Waals surface area contributed by atoms with Crippen LogP contribution in [-0.2, 0) is 14.8 Å². The number of sulfonamides is 1. The summed E-state index contributed by atoms with van der Waals surface area (Å²) in [6, 6.07) is 9.13. The maximum absolute atomic E-state index is 13.4. The molecule has 0 unspecified atom stereocenters. The standard InChI is InChI=1S/C17H16F2N2O4S/c18-12-2-7-16(15(19)10-12)25-11-17(22)20-13-3-5-14(6-4-13)21-8-1-9-26(21,23)24/h2-7,10H,1,8-9,11H2,(H,20,22). The molecule has 1 N–H and O–H groups in total. The molecule has 1 aliphatic rings. The lowest BCUT2D eigenvalue weighted by Crippen LogP contribution is -2.25. The smallest absolute Gasteiger partial charge is 0.262 e. The summed E-state index contributed by atoms with van der Waals surface area (Å²) >= 11 is 0. The lowest BCUT2D eigenvalue weighted by Gasteiger charge is -2.17. The molecule has 3 rings (SSSR count). The Labute approximate surface area is 149 Å². The average molecular weight is 382 g/mol. The molecule has 0 radical (unpaired) electrons. The van der Waals surface area contributed by atoms with Crippen molar-refractivity contribution in [3.8, 4) is 5.75 Å². The third-order valence-electron chi connectivity index (χ3n) is 3.79. The Balaban J connectivity index is 1.58. The summed E-state index contributed by atoms with van der Waals surface area (Å²) in [6.07, 6.45) is 0.581. The van der Waals surface area contributed by atoms with Gasteiger partial charge in [-0.3, -0.25) is 9.10 Å². The number of nitrogens with zero attached hydrogens (tertiary/aromatic N) is 1. The van der Waals surface area contributed by atoms with Gasteiger partial charge < -0.3 is 10.1 Å². The van der Waals surface area contributed by atoms with E-state index in [2.05, 4.69) is 5.32 Å². The number of amides is 1. The molecular weight excluding hydrogens is 366 g/mol. The van der Waals surface area contributed by atoms with Gasteiger partial charge in [-0.2, -0.15) is 0 Å². The van der Waals surface area contributed by atoms with Crippen LogP contribution >= 0.6 is 0 Å². The van der Waals surface area contributed by atoms with Crippen molar-refractivity contribution in [1.82, 2.24) is 0 Å². The van der Waals surface area contributed by atoms with Crippen molar-refractivity contribution < 1.29 is 26.7 Å². The molecule has 1 fully saturated rings. The number of anilines is 2. The summed E-state index contributed by atoms with van der Waals surface area (Å²) in [7, 11) is -3.26. The van der Waals surface area contributed by atoms with Crippen LogP contribution in [0, 0.1) is 11.6 Å². The maximum Gasteiger partial charge on any atom is 0.262 e. The maximum atomic E-state index is 13.4. The second kappa shape index (κ2) is 7.28. The largest absolute Gasteiger partial charge is 0.481 e. The molecule has 2 aromatic carbocycles. The highest BCUT2D eigenvalue weighted by Gasteiger charge is 2.28. The van der Waals surface area contributed by atoms with Gasteiger partial charge in [-0.15, -0.1) is 0 Å². The van der Waals surface area contributed by atoms with Gasteiger partial charge in [-0.05, 0) is 42.8 Å². The van der Waals surface area contributed by atoms with E-state index in [1.807, 2.05) is 0 Å². The molecule has 9 heteroatoms. The van der Waals surface area contributed by atoms with Gasteiger partial charge in [0.15, 0.2) is 18.2 Å². The monoisotopic (exact) mass is 382 g/mol. The zero-order valence-electron chi connectivity index (χ0n) is 13.6. The summed E-state index contributed by atoms with van der Waals surface area (Å²) < 4.78 is 56.4. The van der Waals surface area contributed by atoms with E-state index in [9.17, 15) is 22.0 Å². The zero-order chi connectivity index (χ0) is 18.7. The first-order valence-electron chi connectivity index (χ1n) is 7.83. The van der Waals surface area contributed by atoms with Crippen LogP contribution in [0.4, 0.5) is 20.2 Å². The van der Waals surface area contributed by atoms with Gasteiger partial charge in [0.25, 0.3) is 5.91 Å². The molecule has 0 aromatic heterocycles. The van der Waals surface area contributed by atoms with Gasteiger partial charge in [0.1, 0.15) is 5.82 Å². The van der Waals surface area contributed by atoms with E-state index in [0.29, 0.717) is 30.4 Å². The number of benzene rings is 2. The molecule has 0 atom stereocenters. The van der Waals surface area contributed by atoms with E-state index in [1.54, 1.807) is 24.3 Å². The number of hydrogen-bond donors (Lipinski definition) is 1. The molecule has 1 heterocycles. The Morgan fingerprint density at radius 2 is 1.88 bits per heavy atom. The number of halogens is 2. The minimum absolute atomic E-state index is 0.128. The van der Waals surface area contributed by atoms with Crippen LogP contribution < -0.4 is 14.4 Å². The summed E-state index contributed by atoms with van der Waals surface area (Å²) in [6.45, 7) is -0.0179. The van der Waals surface area contributed by atoms with Gasteiger partial charge in [0, 0.05) is 18.3 Å². The van der Waals surface area contributed by atoms with Gasteiger partial charge in [0.2, 0.25) is 10.0 Å². The third-order valence-corrected chi connectivity index (χ3v) is 5.66. The fraction of sp³-hybridized carbons (Fsp3) is 0.235. The average Bonchev–Trinajstić information content (AvgIpc) is 2.94. The van der Waals surface area contributed by atoms with E-state index in [-0.39, 0.29) is 11.5 Å². The number of carbonyl (C=O) groups is 1. The quantitative estimate of drug-likeness (QED) is 0.862. The van der Waals surface area contributed by atoms with Crippen LogP contribution in [0.1, 0.15) is 6.42 Å². The molecule has 1 amide bonds. The van der Waals surface area contributed by atoms with Crippen molar-refractivity contribution in [1.29, 1.82) is 0 Å². The second-order valence-corrected chi connectivity index (χ2v) is 7.71. The first-order chi connectivity index (χ1) is 12.3. The predicted octanol–water partition coefficient (Wildman–Crippen LogP) is 2.52. The van der Waals surface area contributed by atoms with Gasteiger partial charge in [-0.25, -0.2) is 17.2 Å². The van der Waals surface area contributed by atoms with Crippen molar-refractivity contribution in [3.05, 3.63) is 54.1 Å². The number of rotatable bonds is 5. The van der Waals surface area contributed by atoms with Crippen LogP contribution in [-0.4, -0.2) is 33.2 Å². The third kappa shape index (κ3) is 4.10. The molecule has 0 saturated carbocycles. The summed E-state index contributed by atoms with van der Waals surface area (Å²) in [5.74, 6) is -2.26. The highest BCUT2D eigenvalue weighted by molar-refractivity contribution is 7.93. The Morgan fingerprint density at radius 3 is 2.50 bits per heavy atom. The minimum Gasteiger partial charge on any atom is -0.481 e. The molecule has 0 spiro atoms. The molecule has 1 saturated heterocycles. The molecule has 0 aliphatic carbocycles. The molecule has 1 aliphatic heterocycles. The van der Waals surface area contributed by atoms with Gasteiger partial charge >= 0.3 is 0 Å². The normalized spacial score (nSPS) is 15.7. The van der Waals surface area contributed by atoms with E-state index < -0.39 is 34.2 Å². The van der Waals surface area contributed by atoms with Crippen molar-refractivity contribution in [2.75, 3.05) is 28.5 Å². The highest BCUT2D eigenvalue weighted by Crippen LogP contribution is 2.25. The van der Waals surface area contributed by atoms with E-state index in [0.717, 1.165) is 12.1 Å². The fourth-order valence-corrected chi connectivity index (χ4v) is 4.14. The van der Waals surface area contributed by atoms with E-state index in [4.69, 9.17) is 4.74 Å². The van der Waals surface area contributed by atoms with Crippen LogP contribution in [0.3, 0.4) is 0 Å². The molecule has 6 nitrogen and oxygen atoms in total. The zero-order valence-corrected chi connectivity index (χ0v) is 14.4. The predicted molar refractivity (Wildman–Crippen MR) is 92.7 cm³/mol. The first kappa shape index (κ1) is 18.1. The highest BCUT2D eigenvalue weighted by atomic mass is 32.2. The van der Waals surface area contributed by atoms with Gasteiger partial charge in [0.05, 0.1) is 11.4 Å². The fourth-order valence-electron chi connectivity index (χ4n) is 2.57. The lowest BCUT2D eigenvalue weighted by atomic mass is 10.2.